The van der Waals surface area contributed by atoms with Gasteiger partial charge in [0.1, 0.15) is 11.6 Å². The Morgan fingerprint density at radius 2 is 1.89 bits per heavy atom. The first-order valence-electron chi connectivity index (χ1n) is 12.5. The van der Waals surface area contributed by atoms with Gasteiger partial charge in [-0.25, -0.2) is 9.49 Å². The summed E-state index contributed by atoms with van der Waals surface area (Å²) in [5, 5.41) is 10.0. The van der Waals surface area contributed by atoms with E-state index in [9.17, 15) is 18.8 Å². The zero-order valence-corrected chi connectivity index (χ0v) is 20.7. The first kappa shape index (κ1) is 24.7. The minimum atomic E-state index is -0.584. The van der Waals surface area contributed by atoms with Crippen LogP contribution in [0.25, 0.3) is 0 Å². The number of ketones is 1. The van der Waals surface area contributed by atoms with Gasteiger partial charge in [0.2, 0.25) is 0 Å². The number of fused-ring (bicyclic) bond motifs is 1. The molecule has 2 aromatic carbocycles. The minimum absolute atomic E-state index is 0.00341. The average molecular weight is 505 g/mol. The second-order valence-electron chi connectivity index (χ2n) is 9.53. The van der Waals surface area contributed by atoms with Crippen LogP contribution in [0.5, 0.6) is 5.75 Å². The smallest absolute Gasteiger partial charge is 0.269 e. The lowest BCUT2D eigenvalue weighted by Crippen LogP contribution is -2.40. The predicted octanol–water partition coefficient (Wildman–Crippen LogP) is 3.60. The molecule has 192 valence electrons. The van der Waals surface area contributed by atoms with E-state index in [0.29, 0.717) is 61.3 Å². The standard InChI is InChI=1S/C28H29FN4O4/c1-37-20-7-5-18(6-8-20)26(34)19-10-13-33(14-11-19)28(36)22-15-17(4-9-23(22)29)16-24-25-21(3-2-12-30-25)27(35)32-31-24/h4-9,15,19,30H,2-3,10-14,16H2,1H3,(H,32,35). The monoisotopic (exact) mass is 504 g/mol. The van der Waals surface area contributed by atoms with Gasteiger partial charge in [-0.05, 0) is 67.6 Å². The molecule has 1 aromatic heterocycles. The number of likely N-dealkylation sites (tertiary alicyclic amines) is 1. The first-order valence-corrected chi connectivity index (χ1v) is 12.5. The van der Waals surface area contributed by atoms with Gasteiger partial charge in [-0.2, -0.15) is 5.10 Å². The molecule has 0 atom stereocenters. The van der Waals surface area contributed by atoms with E-state index in [4.69, 9.17) is 4.74 Å². The molecule has 9 heteroatoms. The van der Waals surface area contributed by atoms with Crippen molar-refractivity contribution in [1.82, 2.24) is 15.1 Å². The number of aromatic nitrogens is 2. The lowest BCUT2D eigenvalue weighted by atomic mass is 9.88. The van der Waals surface area contributed by atoms with E-state index in [2.05, 4.69) is 15.5 Å². The Labute approximate surface area is 213 Å². The number of hydrogen-bond donors (Lipinski definition) is 2. The summed E-state index contributed by atoms with van der Waals surface area (Å²) in [6.45, 7) is 1.52. The number of rotatable bonds is 6. The summed E-state index contributed by atoms with van der Waals surface area (Å²) >= 11 is 0. The van der Waals surface area contributed by atoms with E-state index in [-0.39, 0.29) is 28.7 Å². The number of methoxy groups -OCH3 is 1. The molecule has 0 bridgehead atoms. The molecule has 0 radical (unpaired) electrons. The fraction of sp³-hybridized carbons (Fsp3) is 0.357. The number of carbonyl (C=O) groups excluding carboxylic acids is 2. The van der Waals surface area contributed by atoms with Crippen LogP contribution in [0.1, 0.15) is 56.8 Å². The highest BCUT2D eigenvalue weighted by Crippen LogP contribution is 2.27. The van der Waals surface area contributed by atoms with Gasteiger partial charge in [-0.3, -0.25) is 14.4 Å². The van der Waals surface area contributed by atoms with Crippen LogP contribution in [0.4, 0.5) is 10.1 Å². The number of nitrogens with zero attached hydrogens (tertiary/aromatic N) is 2. The van der Waals surface area contributed by atoms with E-state index in [0.717, 1.165) is 24.2 Å². The molecule has 1 amide bonds. The first-order chi connectivity index (χ1) is 17.9. The van der Waals surface area contributed by atoms with Gasteiger partial charge in [0, 0.05) is 43.1 Å². The highest BCUT2D eigenvalue weighted by Gasteiger charge is 2.29. The molecule has 5 rings (SSSR count). The van der Waals surface area contributed by atoms with Crippen molar-refractivity contribution < 1.29 is 18.7 Å². The van der Waals surface area contributed by atoms with Gasteiger partial charge in [0.25, 0.3) is 11.5 Å². The molecule has 0 spiro atoms. The predicted molar refractivity (Wildman–Crippen MR) is 137 cm³/mol. The molecule has 0 aliphatic carbocycles. The second kappa shape index (κ2) is 10.5. The Kier molecular flexibility index (Phi) is 7.03. The second-order valence-corrected chi connectivity index (χ2v) is 9.53. The maximum atomic E-state index is 14.7. The number of amides is 1. The van der Waals surface area contributed by atoms with Crippen molar-refractivity contribution in [3.05, 3.63) is 86.6 Å². The fourth-order valence-electron chi connectivity index (χ4n) is 5.13. The molecular weight excluding hydrogens is 475 g/mol. The molecule has 2 aliphatic heterocycles. The van der Waals surface area contributed by atoms with Gasteiger partial charge >= 0.3 is 0 Å². The molecule has 1 saturated heterocycles. The highest BCUT2D eigenvalue weighted by molar-refractivity contribution is 5.98. The Balaban J connectivity index is 1.27. The van der Waals surface area contributed by atoms with E-state index in [1.165, 1.54) is 6.07 Å². The van der Waals surface area contributed by atoms with E-state index >= 15 is 0 Å². The van der Waals surface area contributed by atoms with Crippen LogP contribution >= 0.6 is 0 Å². The third-order valence-electron chi connectivity index (χ3n) is 7.22. The molecular formula is C28H29FN4O4. The van der Waals surface area contributed by atoms with Crippen molar-refractivity contribution in [3.63, 3.8) is 0 Å². The molecule has 2 aliphatic rings. The normalized spacial score (nSPS) is 15.6. The number of carbonyl (C=O) groups is 2. The Morgan fingerprint density at radius 1 is 1.14 bits per heavy atom. The van der Waals surface area contributed by atoms with E-state index in [1.54, 1.807) is 48.4 Å². The number of H-pyrrole nitrogens is 1. The quantitative estimate of drug-likeness (QED) is 0.497. The number of hydrogen-bond acceptors (Lipinski definition) is 6. The average Bonchev–Trinajstić information content (AvgIpc) is 2.95. The molecule has 3 heterocycles. The van der Waals surface area contributed by atoms with Gasteiger partial charge in [0.15, 0.2) is 5.78 Å². The molecule has 8 nitrogen and oxygen atoms in total. The summed E-state index contributed by atoms with van der Waals surface area (Å²) in [5.74, 6) is -0.412. The lowest BCUT2D eigenvalue weighted by molar-refractivity contribution is 0.0646. The number of anilines is 1. The van der Waals surface area contributed by atoms with Crippen LogP contribution in [0.3, 0.4) is 0 Å². The van der Waals surface area contributed by atoms with Crippen LogP contribution in [-0.2, 0) is 12.8 Å². The van der Waals surface area contributed by atoms with E-state index < -0.39 is 5.82 Å². The Bertz CT molecular complexity index is 1380. The Morgan fingerprint density at radius 3 is 2.62 bits per heavy atom. The number of piperidine rings is 1. The van der Waals surface area contributed by atoms with Crippen molar-refractivity contribution in [3.8, 4) is 5.75 Å². The number of benzene rings is 2. The molecule has 0 saturated carbocycles. The van der Waals surface area contributed by atoms with Gasteiger partial charge in [-0.15, -0.1) is 0 Å². The third kappa shape index (κ3) is 5.12. The zero-order valence-electron chi connectivity index (χ0n) is 20.7. The fourth-order valence-corrected chi connectivity index (χ4v) is 5.13. The topological polar surface area (TPSA) is 104 Å². The van der Waals surface area contributed by atoms with Crippen LogP contribution in [-0.4, -0.2) is 53.5 Å². The number of halogens is 1. The Hall–Kier alpha value is -4.01. The zero-order chi connectivity index (χ0) is 25.9. The van der Waals surface area contributed by atoms with E-state index in [1.807, 2.05) is 0 Å². The highest BCUT2D eigenvalue weighted by atomic mass is 19.1. The molecule has 0 unspecified atom stereocenters. The number of aromatic amines is 1. The van der Waals surface area contributed by atoms with Gasteiger partial charge in [0.05, 0.1) is 24.1 Å². The van der Waals surface area contributed by atoms with Crippen LogP contribution in [0.15, 0.2) is 47.3 Å². The minimum Gasteiger partial charge on any atom is -0.497 e. The maximum Gasteiger partial charge on any atom is 0.269 e. The molecule has 37 heavy (non-hydrogen) atoms. The van der Waals surface area contributed by atoms with Crippen molar-refractivity contribution in [2.45, 2.75) is 32.1 Å². The lowest BCUT2D eigenvalue weighted by Gasteiger charge is -2.31. The van der Waals surface area contributed by atoms with Crippen molar-refractivity contribution in [2.75, 3.05) is 32.1 Å². The maximum absolute atomic E-state index is 14.7. The molecule has 2 N–H and O–H groups in total. The van der Waals surface area contributed by atoms with Crippen LogP contribution < -0.4 is 15.6 Å². The van der Waals surface area contributed by atoms with Gasteiger partial charge < -0.3 is 15.0 Å². The summed E-state index contributed by atoms with van der Waals surface area (Å²) in [5.41, 5.74) is 3.23. The third-order valence-corrected chi connectivity index (χ3v) is 7.22. The number of ether oxygens (including phenoxy) is 1. The van der Waals surface area contributed by atoms with Gasteiger partial charge in [-0.1, -0.05) is 6.07 Å². The van der Waals surface area contributed by atoms with Crippen molar-refractivity contribution in [2.24, 2.45) is 5.92 Å². The van der Waals surface area contributed by atoms with Crippen molar-refractivity contribution in [1.29, 1.82) is 0 Å². The summed E-state index contributed by atoms with van der Waals surface area (Å²) in [6, 6.07) is 11.5. The molecule has 3 aromatic rings. The van der Waals surface area contributed by atoms with Crippen LogP contribution in [0, 0.1) is 11.7 Å². The summed E-state index contributed by atoms with van der Waals surface area (Å²) in [7, 11) is 1.58. The SMILES string of the molecule is COc1ccc(C(=O)C2CCN(C(=O)c3cc(Cc4n[nH]c(=O)c5c4NCCC5)ccc3F)CC2)cc1. The number of Topliss-reactive ketones (excluding diaryl/α,β-unsaturated/α-hetero) is 1. The summed E-state index contributed by atoms with van der Waals surface area (Å²) in [6.07, 6.45) is 2.95. The largest absolute Gasteiger partial charge is 0.497 e. The van der Waals surface area contributed by atoms with Crippen molar-refractivity contribution >= 4 is 17.4 Å². The number of nitrogens with one attached hydrogen (secondary N) is 2. The summed E-state index contributed by atoms with van der Waals surface area (Å²) in [4.78, 5) is 39.9. The molecule has 1 fully saturated rings. The summed E-state index contributed by atoms with van der Waals surface area (Å²) < 4.78 is 19.9. The van der Waals surface area contributed by atoms with Crippen LogP contribution in [0.2, 0.25) is 0 Å².